The van der Waals surface area contributed by atoms with Gasteiger partial charge >= 0.3 is 5.97 Å². The number of nitrogens with zero attached hydrogens (tertiary/aromatic N) is 1. The fraction of sp³-hybridized carbons (Fsp3) is 0.200. The van der Waals surface area contributed by atoms with Crippen molar-refractivity contribution in [3.63, 3.8) is 0 Å². The van der Waals surface area contributed by atoms with Gasteiger partial charge in [0.25, 0.3) is 11.8 Å². The Bertz CT molecular complexity index is 935. The maximum absolute atomic E-state index is 12.3. The lowest BCUT2D eigenvalue weighted by molar-refractivity contribution is -0.154. The molecule has 0 aliphatic carbocycles. The van der Waals surface area contributed by atoms with Crippen LogP contribution in [0.2, 0.25) is 0 Å². The molecule has 0 saturated carbocycles. The van der Waals surface area contributed by atoms with Crippen molar-refractivity contribution in [1.29, 1.82) is 0 Å². The number of amides is 3. The quantitative estimate of drug-likeness (QED) is 0.569. The minimum absolute atomic E-state index is 0.210. The third-order valence-corrected chi connectivity index (χ3v) is 5.16. The first kappa shape index (κ1) is 20.4. The SMILES string of the molecule is C[C@@H](OC(=O)CN1C(=O)CSc2ccccc21)C(=O)NNC(=O)c1ccccc1. The molecule has 150 valence electrons. The third-order valence-electron chi connectivity index (χ3n) is 4.11. The Morgan fingerprint density at radius 1 is 1.07 bits per heavy atom. The molecule has 1 aliphatic rings. The molecule has 0 fully saturated rings. The zero-order valence-electron chi connectivity index (χ0n) is 15.6. The lowest BCUT2D eigenvalue weighted by atomic mass is 10.2. The molecular weight excluding hydrogens is 394 g/mol. The second-order valence-electron chi connectivity index (χ2n) is 6.18. The molecule has 2 aromatic carbocycles. The molecule has 1 heterocycles. The number of thioether (sulfide) groups is 1. The fourth-order valence-corrected chi connectivity index (χ4v) is 3.56. The second-order valence-corrected chi connectivity index (χ2v) is 7.19. The van der Waals surface area contributed by atoms with E-state index in [0.717, 1.165) is 4.90 Å². The van der Waals surface area contributed by atoms with E-state index in [1.54, 1.807) is 42.5 Å². The Labute approximate surface area is 171 Å². The molecule has 8 nitrogen and oxygen atoms in total. The summed E-state index contributed by atoms with van der Waals surface area (Å²) in [6.45, 7) is 1.08. The van der Waals surface area contributed by atoms with Crippen molar-refractivity contribution in [2.24, 2.45) is 0 Å². The van der Waals surface area contributed by atoms with Gasteiger partial charge in [0, 0.05) is 10.5 Å². The predicted octanol–water partition coefficient (Wildman–Crippen LogP) is 1.52. The first-order valence-corrected chi connectivity index (χ1v) is 9.81. The Morgan fingerprint density at radius 3 is 2.52 bits per heavy atom. The van der Waals surface area contributed by atoms with E-state index in [-0.39, 0.29) is 18.2 Å². The molecule has 1 aliphatic heterocycles. The number of benzene rings is 2. The summed E-state index contributed by atoms with van der Waals surface area (Å²) in [5, 5.41) is 0. The predicted molar refractivity (Wildman–Crippen MR) is 107 cm³/mol. The van der Waals surface area contributed by atoms with Crippen LogP contribution in [0.4, 0.5) is 5.69 Å². The number of rotatable bonds is 5. The van der Waals surface area contributed by atoms with Crippen molar-refractivity contribution in [2.75, 3.05) is 17.2 Å². The lowest BCUT2D eigenvalue weighted by Crippen LogP contribution is -2.47. The van der Waals surface area contributed by atoms with Gasteiger partial charge in [-0.1, -0.05) is 30.3 Å². The average molecular weight is 413 g/mol. The van der Waals surface area contributed by atoms with Crippen molar-refractivity contribution in [2.45, 2.75) is 17.9 Å². The number of esters is 1. The molecule has 0 unspecified atom stereocenters. The minimum Gasteiger partial charge on any atom is -0.451 e. The summed E-state index contributed by atoms with van der Waals surface area (Å²) in [5.41, 5.74) is 5.48. The van der Waals surface area contributed by atoms with Crippen LogP contribution in [0, 0.1) is 0 Å². The van der Waals surface area contributed by atoms with Gasteiger partial charge < -0.3 is 4.74 Å². The van der Waals surface area contributed by atoms with Crippen molar-refractivity contribution in [1.82, 2.24) is 10.9 Å². The van der Waals surface area contributed by atoms with Crippen LogP contribution in [-0.2, 0) is 19.1 Å². The van der Waals surface area contributed by atoms with Gasteiger partial charge in [-0.2, -0.15) is 0 Å². The van der Waals surface area contributed by atoms with E-state index < -0.39 is 23.9 Å². The highest BCUT2D eigenvalue weighted by atomic mass is 32.2. The summed E-state index contributed by atoms with van der Waals surface area (Å²) in [7, 11) is 0. The van der Waals surface area contributed by atoms with Crippen LogP contribution in [-0.4, -0.2) is 42.1 Å². The molecule has 0 radical (unpaired) electrons. The Balaban J connectivity index is 1.52. The van der Waals surface area contributed by atoms with E-state index in [4.69, 9.17) is 4.74 Å². The van der Waals surface area contributed by atoms with Crippen LogP contribution in [0.1, 0.15) is 17.3 Å². The third kappa shape index (κ3) is 5.14. The van der Waals surface area contributed by atoms with Crippen LogP contribution in [0.25, 0.3) is 0 Å². The summed E-state index contributed by atoms with van der Waals surface area (Å²) >= 11 is 1.41. The van der Waals surface area contributed by atoms with Crippen LogP contribution >= 0.6 is 11.8 Å². The zero-order valence-corrected chi connectivity index (χ0v) is 16.4. The molecule has 3 amide bonds. The topological polar surface area (TPSA) is 105 Å². The van der Waals surface area contributed by atoms with Gasteiger partial charge in [-0.3, -0.25) is 34.9 Å². The first-order valence-electron chi connectivity index (χ1n) is 8.82. The Morgan fingerprint density at radius 2 is 1.76 bits per heavy atom. The second kappa shape index (κ2) is 9.24. The van der Waals surface area contributed by atoms with Gasteiger partial charge in [0.05, 0.1) is 11.4 Å². The number of hydrazine groups is 1. The number of carbonyl (C=O) groups excluding carboxylic acids is 4. The highest BCUT2D eigenvalue weighted by Crippen LogP contribution is 2.34. The molecule has 2 N–H and O–H groups in total. The summed E-state index contributed by atoms with van der Waals surface area (Å²) in [5.74, 6) is -1.89. The lowest BCUT2D eigenvalue weighted by Gasteiger charge is -2.28. The van der Waals surface area contributed by atoms with Gasteiger partial charge in [-0.05, 0) is 31.2 Å². The molecule has 0 aromatic heterocycles. The van der Waals surface area contributed by atoms with E-state index in [1.165, 1.54) is 23.6 Å². The summed E-state index contributed by atoms with van der Waals surface area (Å²) in [6.07, 6.45) is -1.15. The number of anilines is 1. The number of fused-ring (bicyclic) bond motifs is 1. The van der Waals surface area contributed by atoms with E-state index in [0.29, 0.717) is 11.3 Å². The number of carbonyl (C=O) groups is 4. The minimum atomic E-state index is -1.15. The molecule has 1 atom stereocenters. The fourth-order valence-electron chi connectivity index (χ4n) is 2.63. The maximum Gasteiger partial charge on any atom is 0.326 e. The highest BCUT2D eigenvalue weighted by molar-refractivity contribution is 8.00. The molecule has 0 spiro atoms. The van der Waals surface area contributed by atoms with Crippen molar-refractivity contribution in [3.8, 4) is 0 Å². The van der Waals surface area contributed by atoms with Crippen molar-refractivity contribution < 1.29 is 23.9 Å². The molecule has 2 aromatic rings. The number of nitrogens with one attached hydrogen (secondary N) is 2. The molecule has 29 heavy (non-hydrogen) atoms. The van der Waals surface area contributed by atoms with Crippen molar-refractivity contribution >= 4 is 41.1 Å². The van der Waals surface area contributed by atoms with Gasteiger partial charge in [-0.15, -0.1) is 11.8 Å². The van der Waals surface area contributed by atoms with E-state index in [2.05, 4.69) is 10.9 Å². The highest BCUT2D eigenvalue weighted by Gasteiger charge is 2.28. The van der Waals surface area contributed by atoms with E-state index >= 15 is 0 Å². The van der Waals surface area contributed by atoms with Gasteiger partial charge in [0.2, 0.25) is 5.91 Å². The number of hydrogen-bond donors (Lipinski definition) is 2. The smallest absolute Gasteiger partial charge is 0.326 e. The molecular formula is C20H19N3O5S. The van der Waals surface area contributed by atoms with Gasteiger partial charge in [0.1, 0.15) is 6.54 Å². The molecule has 0 bridgehead atoms. The standard InChI is InChI=1S/C20H19N3O5S/c1-13(19(26)21-22-20(27)14-7-3-2-4-8-14)28-18(25)11-23-15-9-5-6-10-16(15)29-12-17(23)24/h2-10,13H,11-12H2,1H3,(H,21,26)(H,22,27)/t13-/m1/s1. The summed E-state index contributed by atoms with van der Waals surface area (Å²) in [6, 6.07) is 15.6. The van der Waals surface area contributed by atoms with Crippen LogP contribution in [0.15, 0.2) is 59.5 Å². The summed E-state index contributed by atoms with van der Waals surface area (Å²) in [4.78, 5) is 50.7. The molecule has 3 rings (SSSR count). The maximum atomic E-state index is 12.3. The number of hydrogen-bond acceptors (Lipinski definition) is 6. The normalized spacial score (nSPS) is 13.8. The van der Waals surface area contributed by atoms with Crippen LogP contribution in [0.5, 0.6) is 0 Å². The van der Waals surface area contributed by atoms with Crippen LogP contribution < -0.4 is 15.8 Å². The molecule has 0 saturated heterocycles. The number of para-hydroxylation sites is 1. The summed E-state index contributed by atoms with van der Waals surface area (Å²) < 4.78 is 5.11. The van der Waals surface area contributed by atoms with Gasteiger partial charge in [0.15, 0.2) is 6.10 Å². The van der Waals surface area contributed by atoms with E-state index in [1.807, 2.05) is 12.1 Å². The van der Waals surface area contributed by atoms with Crippen LogP contribution in [0.3, 0.4) is 0 Å². The molecule has 9 heteroatoms. The zero-order chi connectivity index (χ0) is 20.8. The Kier molecular flexibility index (Phi) is 6.50. The van der Waals surface area contributed by atoms with E-state index in [9.17, 15) is 19.2 Å². The average Bonchev–Trinajstić information content (AvgIpc) is 2.74. The number of ether oxygens (including phenoxy) is 1. The van der Waals surface area contributed by atoms with Gasteiger partial charge in [-0.25, -0.2) is 0 Å². The first-order chi connectivity index (χ1) is 14.0. The largest absolute Gasteiger partial charge is 0.451 e. The monoisotopic (exact) mass is 413 g/mol. The Hall–Kier alpha value is -3.33. The van der Waals surface area contributed by atoms with Crippen molar-refractivity contribution in [3.05, 3.63) is 60.2 Å².